The number of anilines is 1. The normalized spacial score (nSPS) is 11.0. The van der Waals surface area contributed by atoms with Gasteiger partial charge < -0.3 is 19.0 Å². The predicted molar refractivity (Wildman–Crippen MR) is 110 cm³/mol. The number of ether oxygens (including phenoxy) is 1. The van der Waals surface area contributed by atoms with Crippen molar-refractivity contribution in [3.05, 3.63) is 83.2 Å². The van der Waals surface area contributed by atoms with Crippen LogP contribution in [0, 0.1) is 13.8 Å². The molecule has 0 aliphatic rings. The summed E-state index contributed by atoms with van der Waals surface area (Å²) < 4.78 is 12.8. The van der Waals surface area contributed by atoms with Gasteiger partial charge in [-0.05, 0) is 54.8 Å². The molecule has 0 bridgehead atoms. The number of aryl methyl sites for hydroxylation is 2. The van der Waals surface area contributed by atoms with Gasteiger partial charge in [-0.15, -0.1) is 0 Å². The van der Waals surface area contributed by atoms with Gasteiger partial charge in [0, 0.05) is 24.4 Å². The van der Waals surface area contributed by atoms with Gasteiger partial charge in [0.15, 0.2) is 5.58 Å². The predicted octanol–water partition coefficient (Wildman–Crippen LogP) is 5.16. The second kappa shape index (κ2) is 7.27. The molecule has 0 saturated heterocycles. The minimum Gasteiger partial charge on any atom is -0.497 e. The van der Waals surface area contributed by atoms with E-state index in [1.165, 1.54) is 5.56 Å². The Balaban J connectivity index is 1.68. The van der Waals surface area contributed by atoms with Gasteiger partial charge in [-0.1, -0.05) is 18.2 Å². The van der Waals surface area contributed by atoms with Crippen LogP contribution in [0.15, 0.2) is 65.3 Å². The highest BCUT2D eigenvalue weighted by Crippen LogP contribution is 2.25. The molecule has 0 fully saturated rings. The molecule has 2 heterocycles. The van der Waals surface area contributed by atoms with Crippen LogP contribution in [-0.4, -0.2) is 17.6 Å². The Morgan fingerprint density at radius 2 is 1.93 bits per heavy atom. The number of aromatic nitrogens is 1. The Morgan fingerprint density at radius 1 is 1.07 bits per heavy atom. The molecule has 2 aromatic heterocycles. The molecule has 5 heteroatoms. The van der Waals surface area contributed by atoms with Crippen molar-refractivity contribution in [3.8, 4) is 5.75 Å². The van der Waals surface area contributed by atoms with Gasteiger partial charge in [0.1, 0.15) is 11.4 Å². The van der Waals surface area contributed by atoms with E-state index in [0.29, 0.717) is 17.8 Å². The molecule has 0 aliphatic carbocycles. The number of nitrogens with zero attached hydrogens (tertiary/aromatic N) is 1. The van der Waals surface area contributed by atoms with Gasteiger partial charge in [0.25, 0.3) is 5.91 Å². The van der Waals surface area contributed by atoms with Crippen molar-refractivity contribution in [2.45, 2.75) is 20.4 Å². The summed E-state index contributed by atoms with van der Waals surface area (Å²) in [6, 6.07) is 17.4. The Bertz CT molecular complexity index is 1150. The van der Waals surface area contributed by atoms with Crippen LogP contribution in [0.2, 0.25) is 0 Å². The quantitative estimate of drug-likeness (QED) is 0.525. The van der Waals surface area contributed by atoms with Crippen molar-refractivity contribution in [1.29, 1.82) is 0 Å². The third-order valence-corrected chi connectivity index (χ3v) is 5.00. The highest BCUT2D eigenvalue weighted by atomic mass is 16.5. The second-order valence-corrected chi connectivity index (χ2v) is 6.89. The Hall–Kier alpha value is -3.47. The molecule has 1 N–H and O–H groups in total. The fourth-order valence-electron chi connectivity index (χ4n) is 3.30. The van der Waals surface area contributed by atoms with E-state index in [0.717, 1.165) is 28.1 Å². The molecule has 28 heavy (non-hydrogen) atoms. The number of carbonyl (C=O) groups excluding carboxylic acids is 1. The number of methoxy groups -OCH3 is 1. The fourth-order valence-corrected chi connectivity index (χ4v) is 3.30. The van der Waals surface area contributed by atoms with Crippen molar-refractivity contribution in [1.82, 2.24) is 4.57 Å². The average molecular weight is 374 g/mol. The molecule has 0 aliphatic heterocycles. The summed E-state index contributed by atoms with van der Waals surface area (Å²) in [7, 11) is 1.64. The maximum Gasteiger partial charge on any atom is 0.272 e. The monoisotopic (exact) mass is 374 g/mol. The molecule has 0 saturated carbocycles. The van der Waals surface area contributed by atoms with E-state index in [-0.39, 0.29) is 5.91 Å². The number of rotatable bonds is 5. The zero-order valence-electron chi connectivity index (χ0n) is 16.2. The first-order valence-corrected chi connectivity index (χ1v) is 9.13. The summed E-state index contributed by atoms with van der Waals surface area (Å²) in [6.07, 6.45) is 1.64. The minimum absolute atomic E-state index is 0.169. The van der Waals surface area contributed by atoms with Crippen molar-refractivity contribution < 1.29 is 13.9 Å². The Labute approximate surface area is 163 Å². The summed E-state index contributed by atoms with van der Waals surface area (Å²) in [5.74, 6) is 0.617. The first-order valence-electron chi connectivity index (χ1n) is 9.13. The molecule has 4 rings (SSSR count). The first kappa shape index (κ1) is 17.9. The SMILES string of the molecule is COc1cccc(Cn2c(C(=O)Nc3ccc(C)c(C)c3)cc3occc32)c1. The summed E-state index contributed by atoms with van der Waals surface area (Å²) >= 11 is 0. The van der Waals surface area contributed by atoms with Gasteiger partial charge >= 0.3 is 0 Å². The van der Waals surface area contributed by atoms with Gasteiger partial charge in [-0.3, -0.25) is 4.79 Å². The van der Waals surface area contributed by atoms with E-state index in [2.05, 4.69) is 12.2 Å². The van der Waals surface area contributed by atoms with Crippen LogP contribution in [-0.2, 0) is 6.54 Å². The topological polar surface area (TPSA) is 56.4 Å². The van der Waals surface area contributed by atoms with Crippen LogP contribution in [0.3, 0.4) is 0 Å². The molecule has 1 amide bonds. The molecule has 0 spiro atoms. The van der Waals surface area contributed by atoms with Crippen molar-refractivity contribution in [3.63, 3.8) is 0 Å². The average Bonchev–Trinajstić information content (AvgIpc) is 3.27. The number of amides is 1. The molecule has 0 atom stereocenters. The summed E-state index contributed by atoms with van der Waals surface area (Å²) in [6.45, 7) is 4.62. The minimum atomic E-state index is -0.169. The van der Waals surface area contributed by atoms with Crippen molar-refractivity contribution in [2.75, 3.05) is 12.4 Å². The van der Waals surface area contributed by atoms with Crippen molar-refractivity contribution in [2.24, 2.45) is 0 Å². The molecular weight excluding hydrogens is 352 g/mol. The second-order valence-electron chi connectivity index (χ2n) is 6.89. The van der Waals surface area contributed by atoms with Crippen LogP contribution in [0.25, 0.3) is 11.1 Å². The van der Waals surface area contributed by atoms with Crippen LogP contribution in [0.5, 0.6) is 5.75 Å². The Morgan fingerprint density at radius 3 is 2.71 bits per heavy atom. The standard InChI is InChI=1S/C23H22N2O3/c1-15-7-8-18(11-16(15)2)24-23(26)21-13-22-20(9-10-28-22)25(21)14-17-5-4-6-19(12-17)27-3/h4-13H,14H2,1-3H3,(H,24,26). The lowest BCUT2D eigenvalue weighted by molar-refractivity contribution is 0.101. The Kier molecular flexibility index (Phi) is 4.65. The molecule has 2 aromatic carbocycles. The molecule has 0 radical (unpaired) electrons. The summed E-state index contributed by atoms with van der Waals surface area (Å²) in [5, 5.41) is 3.00. The van der Waals surface area contributed by atoms with Gasteiger partial charge in [0.2, 0.25) is 0 Å². The largest absolute Gasteiger partial charge is 0.497 e. The van der Waals surface area contributed by atoms with Gasteiger partial charge in [-0.2, -0.15) is 0 Å². The number of carbonyl (C=O) groups is 1. The zero-order valence-corrected chi connectivity index (χ0v) is 16.2. The van der Waals surface area contributed by atoms with E-state index >= 15 is 0 Å². The number of benzene rings is 2. The maximum atomic E-state index is 13.0. The number of hydrogen-bond donors (Lipinski definition) is 1. The lowest BCUT2D eigenvalue weighted by Crippen LogP contribution is -2.17. The highest BCUT2D eigenvalue weighted by Gasteiger charge is 2.18. The number of nitrogens with one attached hydrogen (secondary N) is 1. The number of furan rings is 1. The molecule has 142 valence electrons. The van der Waals surface area contributed by atoms with E-state index in [1.807, 2.05) is 60.0 Å². The molecule has 0 unspecified atom stereocenters. The van der Waals surface area contributed by atoms with Gasteiger partial charge in [0.05, 0.1) is 18.9 Å². The third-order valence-electron chi connectivity index (χ3n) is 5.00. The first-order chi connectivity index (χ1) is 13.5. The number of fused-ring (bicyclic) bond motifs is 1. The lowest BCUT2D eigenvalue weighted by atomic mass is 10.1. The smallest absolute Gasteiger partial charge is 0.272 e. The van der Waals surface area contributed by atoms with Crippen LogP contribution in [0.4, 0.5) is 5.69 Å². The molecule has 5 nitrogen and oxygen atoms in total. The van der Waals surface area contributed by atoms with E-state index in [9.17, 15) is 4.79 Å². The van der Waals surface area contributed by atoms with Crippen molar-refractivity contribution >= 4 is 22.7 Å². The fraction of sp³-hybridized carbons (Fsp3) is 0.174. The summed E-state index contributed by atoms with van der Waals surface area (Å²) in [4.78, 5) is 13.0. The van der Waals surface area contributed by atoms with Crippen LogP contribution in [0.1, 0.15) is 27.2 Å². The van der Waals surface area contributed by atoms with E-state index in [1.54, 1.807) is 19.4 Å². The van der Waals surface area contributed by atoms with Crippen LogP contribution >= 0.6 is 0 Å². The van der Waals surface area contributed by atoms with E-state index in [4.69, 9.17) is 9.15 Å². The third kappa shape index (κ3) is 3.39. The molecule has 4 aromatic rings. The van der Waals surface area contributed by atoms with E-state index < -0.39 is 0 Å². The number of hydrogen-bond acceptors (Lipinski definition) is 3. The summed E-state index contributed by atoms with van der Waals surface area (Å²) in [5.41, 5.74) is 6.27. The maximum absolute atomic E-state index is 13.0. The molecular formula is C23H22N2O3. The highest BCUT2D eigenvalue weighted by molar-refractivity contribution is 6.05. The van der Waals surface area contributed by atoms with Crippen LogP contribution < -0.4 is 10.1 Å². The lowest BCUT2D eigenvalue weighted by Gasteiger charge is -2.12. The zero-order chi connectivity index (χ0) is 19.7. The van der Waals surface area contributed by atoms with Gasteiger partial charge in [-0.25, -0.2) is 0 Å².